The smallest absolute Gasteiger partial charge is 0.261 e. The maximum absolute atomic E-state index is 12.7. The molecule has 9 heteroatoms. The lowest BCUT2D eigenvalue weighted by Gasteiger charge is -2.31. The van der Waals surface area contributed by atoms with Gasteiger partial charge in [-0.1, -0.05) is 23.5 Å². The van der Waals surface area contributed by atoms with Crippen molar-refractivity contribution in [2.75, 3.05) is 5.32 Å². The Morgan fingerprint density at radius 3 is 2.48 bits per heavy atom. The Morgan fingerprint density at radius 1 is 1.09 bits per heavy atom. The topological polar surface area (TPSA) is 106 Å². The van der Waals surface area contributed by atoms with Crippen molar-refractivity contribution in [1.29, 1.82) is 0 Å². The molecule has 3 amide bonds. The summed E-state index contributed by atoms with van der Waals surface area (Å²) in [7, 11) is 0. The number of hydrogen-bond acceptors (Lipinski definition) is 7. The van der Waals surface area contributed by atoms with Crippen LogP contribution in [-0.2, 0) is 6.54 Å². The number of nitrogens with zero attached hydrogens (tertiary/aromatic N) is 2. The molecule has 0 saturated heterocycles. The summed E-state index contributed by atoms with van der Waals surface area (Å²) in [5.74, 6) is -0.729. The van der Waals surface area contributed by atoms with Gasteiger partial charge >= 0.3 is 0 Å². The molecular formula is C24H19N3O5S. The highest BCUT2D eigenvalue weighted by Gasteiger charge is 2.35. The molecular weight excluding hydrogens is 442 g/mol. The molecule has 166 valence electrons. The number of fused-ring (bicyclic) bond motifs is 2. The third kappa shape index (κ3) is 3.80. The van der Waals surface area contributed by atoms with Crippen molar-refractivity contribution in [2.24, 2.45) is 0 Å². The van der Waals surface area contributed by atoms with E-state index in [-0.39, 0.29) is 30.6 Å². The number of aromatic nitrogens is 1. The number of Topliss-reactive ketones (excluding diaryl/α,β-unsaturated/α-hetero) is 1. The molecule has 33 heavy (non-hydrogen) atoms. The lowest BCUT2D eigenvalue weighted by Crippen LogP contribution is -2.36. The van der Waals surface area contributed by atoms with Crippen LogP contribution in [0.4, 0.5) is 5.13 Å². The highest BCUT2D eigenvalue weighted by molar-refractivity contribution is 7.15. The minimum absolute atomic E-state index is 0.0698. The molecule has 8 nitrogen and oxygen atoms in total. The number of ether oxygens (including phenoxy) is 1. The predicted molar refractivity (Wildman–Crippen MR) is 121 cm³/mol. The van der Waals surface area contributed by atoms with E-state index in [4.69, 9.17) is 4.74 Å². The molecule has 0 saturated carbocycles. The minimum Gasteiger partial charge on any atom is -0.487 e. The third-order valence-corrected chi connectivity index (χ3v) is 6.38. The fraction of sp³-hybridized carbons (Fsp3) is 0.208. The van der Waals surface area contributed by atoms with Crippen molar-refractivity contribution in [3.8, 4) is 5.75 Å². The summed E-state index contributed by atoms with van der Waals surface area (Å²) in [4.78, 5) is 56.3. The van der Waals surface area contributed by atoms with Crippen LogP contribution in [-0.4, -0.2) is 39.0 Å². The van der Waals surface area contributed by atoms with E-state index >= 15 is 0 Å². The molecule has 3 heterocycles. The number of benzene rings is 2. The number of thiazole rings is 1. The van der Waals surface area contributed by atoms with Crippen LogP contribution in [0.15, 0.2) is 48.7 Å². The number of anilines is 1. The summed E-state index contributed by atoms with van der Waals surface area (Å²) in [5, 5.41) is 3.04. The normalized spacial score (nSPS) is 16.3. The van der Waals surface area contributed by atoms with Gasteiger partial charge in [0.25, 0.3) is 17.7 Å². The molecule has 0 atom stereocenters. The molecule has 0 unspecified atom stereocenters. The van der Waals surface area contributed by atoms with Crippen LogP contribution in [0.1, 0.15) is 66.6 Å². The van der Waals surface area contributed by atoms with Gasteiger partial charge < -0.3 is 4.74 Å². The Hall–Kier alpha value is -3.85. The van der Waals surface area contributed by atoms with Crippen LogP contribution in [0, 0.1) is 0 Å². The maximum Gasteiger partial charge on any atom is 0.261 e. The molecule has 1 aromatic heterocycles. The first-order valence-electron chi connectivity index (χ1n) is 10.3. The predicted octanol–water partition coefficient (Wildman–Crippen LogP) is 3.94. The monoisotopic (exact) mass is 461 g/mol. The Labute approximate surface area is 193 Å². The van der Waals surface area contributed by atoms with Gasteiger partial charge in [-0.3, -0.25) is 29.4 Å². The molecule has 5 rings (SSSR count). The Morgan fingerprint density at radius 2 is 1.79 bits per heavy atom. The lowest BCUT2D eigenvalue weighted by atomic mass is 9.92. The van der Waals surface area contributed by atoms with Gasteiger partial charge in [-0.2, -0.15) is 0 Å². The first-order valence-corrected chi connectivity index (χ1v) is 11.1. The van der Waals surface area contributed by atoms with Crippen LogP contribution in [0.2, 0.25) is 0 Å². The number of amides is 3. The number of carbonyl (C=O) groups is 4. The second kappa shape index (κ2) is 7.63. The Kier molecular flexibility index (Phi) is 4.86. The van der Waals surface area contributed by atoms with Crippen molar-refractivity contribution in [2.45, 2.75) is 32.4 Å². The second-order valence-corrected chi connectivity index (χ2v) is 9.62. The van der Waals surface area contributed by atoms with Gasteiger partial charge in [0.2, 0.25) is 0 Å². The molecule has 2 aromatic carbocycles. The van der Waals surface area contributed by atoms with Gasteiger partial charge in [-0.05, 0) is 44.2 Å². The van der Waals surface area contributed by atoms with E-state index in [0.717, 1.165) is 0 Å². The molecule has 2 aliphatic rings. The van der Waals surface area contributed by atoms with Crippen molar-refractivity contribution in [3.63, 3.8) is 0 Å². The van der Waals surface area contributed by atoms with Gasteiger partial charge in [0.1, 0.15) is 11.4 Å². The molecule has 0 aliphatic carbocycles. The average molecular weight is 461 g/mol. The number of ketones is 1. The highest BCUT2D eigenvalue weighted by atomic mass is 32.1. The largest absolute Gasteiger partial charge is 0.487 e. The first-order chi connectivity index (χ1) is 15.7. The lowest BCUT2D eigenvalue weighted by molar-refractivity contribution is 0.0613. The number of carbonyl (C=O) groups excluding carboxylic acids is 4. The molecule has 0 spiro atoms. The third-order valence-electron chi connectivity index (χ3n) is 5.48. The Balaban J connectivity index is 1.29. The number of imide groups is 1. The van der Waals surface area contributed by atoms with Gasteiger partial charge in [-0.25, -0.2) is 4.98 Å². The van der Waals surface area contributed by atoms with Crippen LogP contribution >= 0.6 is 11.3 Å². The van der Waals surface area contributed by atoms with E-state index in [9.17, 15) is 19.2 Å². The quantitative estimate of drug-likeness (QED) is 0.590. The molecule has 0 radical (unpaired) electrons. The van der Waals surface area contributed by atoms with Crippen molar-refractivity contribution < 1.29 is 23.9 Å². The van der Waals surface area contributed by atoms with Crippen molar-refractivity contribution in [1.82, 2.24) is 9.88 Å². The van der Waals surface area contributed by atoms with Crippen LogP contribution in [0.3, 0.4) is 0 Å². The molecule has 0 bridgehead atoms. The SMILES string of the molecule is CC1(C)CC(=O)c2cc(C(=O)Nc3ncc(CN4C(=O)c5ccccc5C4=O)s3)ccc2O1. The summed E-state index contributed by atoms with van der Waals surface area (Å²) in [6, 6.07) is 11.4. The number of hydrogen-bond donors (Lipinski definition) is 1. The highest BCUT2D eigenvalue weighted by Crippen LogP contribution is 2.34. The van der Waals surface area contributed by atoms with E-state index in [1.807, 2.05) is 13.8 Å². The summed E-state index contributed by atoms with van der Waals surface area (Å²) in [6.07, 6.45) is 1.76. The zero-order chi connectivity index (χ0) is 23.3. The van der Waals surface area contributed by atoms with E-state index in [0.29, 0.717) is 38.0 Å². The number of nitrogens with one attached hydrogen (secondary N) is 1. The van der Waals surface area contributed by atoms with Crippen LogP contribution in [0.25, 0.3) is 0 Å². The summed E-state index contributed by atoms with van der Waals surface area (Å²) >= 11 is 1.17. The van der Waals surface area contributed by atoms with Gasteiger partial charge in [0.05, 0.1) is 29.7 Å². The van der Waals surface area contributed by atoms with Crippen LogP contribution in [0.5, 0.6) is 5.75 Å². The summed E-state index contributed by atoms with van der Waals surface area (Å²) in [6.45, 7) is 3.76. The molecule has 2 aliphatic heterocycles. The minimum atomic E-state index is -0.579. The standard InChI is InChI=1S/C24H19N3O5S/c1-24(2)10-18(28)17-9-13(7-8-19(17)32-24)20(29)26-23-25-11-14(33-23)12-27-21(30)15-5-3-4-6-16(15)22(27)31/h3-9,11H,10,12H2,1-2H3,(H,25,26,29). The fourth-order valence-electron chi connectivity index (χ4n) is 3.94. The van der Waals surface area contributed by atoms with Crippen molar-refractivity contribution >= 4 is 40.0 Å². The summed E-state index contributed by atoms with van der Waals surface area (Å²) < 4.78 is 5.83. The number of rotatable bonds is 4. The van der Waals surface area contributed by atoms with E-state index < -0.39 is 11.5 Å². The zero-order valence-corrected chi connectivity index (χ0v) is 18.7. The van der Waals surface area contributed by atoms with E-state index in [2.05, 4.69) is 10.3 Å². The molecule has 0 fully saturated rings. The van der Waals surface area contributed by atoms with Crippen molar-refractivity contribution in [3.05, 3.63) is 75.8 Å². The second-order valence-electron chi connectivity index (χ2n) is 8.50. The Bertz CT molecular complexity index is 1310. The van der Waals surface area contributed by atoms with Gasteiger partial charge in [-0.15, -0.1) is 0 Å². The molecule has 3 aromatic rings. The maximum atomic E-state index is 12.7. The van der Waals surface area contributed by atoms with Gasteiger partial charge in [0.15, 0.2) is 10.9 Å². The summed E-state index contributed by atoms with van der Waals surface area (Å²) in [5.41, 5.74) is 0.879. The van der Waals surface area contributed by atoms with Crippen LogP contribution < -0.4 is 10.1 Å². The average Bonchev–Trinajstić information content (AvgIpc) is 3.31. The molecule has 1 N–H and O–H groups in total. The van der Waals surface area contributed by atoms with E-state index in [1.54, 1.807) is 36.4 Å². The van der Waals surface area contributed by atoms with Gasteiger partial charge in [0, 0.05) is 16.6 Å². The fourth-order valence-corrected chi connectivity index (χ4v) is 4.74. The first kappa shape index (κ1) is 21.0. The zero-order valence-electron chi connectivity index (χ0n) is 17.9. The van der Waals surface area contributed by atoms with E-state index in [1.165, 1.54) is 28.5 Å².